The highest BCUT2D eigenvalue weighted by Gasteiger charge is 2.38. The summed E-state index contributed by atoms with van der Waals surface area (Å²) in [6, 6.07) is 96.3. The van der Waals surface area contributed by atoms with Gasteiger partial charge >= 0.3 is 0 Å². The van der Waals surface area contributed by atoms with Crippen molar-refractivity contribution >= 4 is 17.1 Å². The topological polar surface area (TPSA) is 3.24 Å². The lowest BCUT2D eigenvalue weighted by Gasteiger charge is -2.27. The molecule has 0 amide bonds. The highest BCUT2D eigenvalue weighted by molar-refractivity contribution is 5.93. The Kier molecular flexibility index (Phi) is 10.6. The van der Waals surface area contributed by atoms with E-state index in [2.05, 4.69) is 293 Å². The zero-order chi connectivity index (χ0) is 49.3. The van der Waals surface area contributed by atoms with Crippen LogP contribution in [0, 0.1) is 0 Å². The molecule has 1 heteroatoms. The van der Waals surface area contributed by atoms with E-state index in [4.69, 9.17) is 0 Å². The third kappa shape index (κ3) is 7.54. The first-order chi connectivity index (χ1) is 35.7. The van der Waals surface area contributed by atoms with Gasteiger partial charge in [-0.3, -0.25) is 0 Å². The van der Waals surface area contributed by atoms with Gasteiger partial charge in [0, 0.05) is 27.9 Å². The number of fused-ring (bicyclic) bond motifs is 6. The largest absolute Gasteiger partial charge is 0.311 e. The van der Waals surface area contributed by atoms with Gasteiger partial charge < -0.3 is 4.90 Å². The standard InChI is InChI=1S/C72H55N/c1-71(2)67-23-12-10-19-62(67)64-46-39-56(47-69(64)71)54-35-42-58(43-36-54)73(57-40-33-53(34-41-57)52-31-29-51(30-32-52)50-27-25-49(26-28-50)48-15-6-5-7-16-48)59-44-37-55(38-45-59)60-17-8-9-18-61(60)65-21-14-22-66-63-20-11-13-24-68(63)72(3,4)70(65)66/h5-47H,1-4H3. The van der Waals surface area contributed by atoms with Crippen LogP contribution < -0.4 is 4.90 Å². The van der Waals surface area contributed by atoms with E-state index in [1.807, 2.05) is 0 Å². The number of hydrogen-bond donors (Lipinski definition) is 0. The molecule has 1 nitrogen and oxygen atoms in total. The fourth-order valence-corrected chi connectivity index (χ4v) is 12.1. The fourth-order valence-electron chi connectivity index (χ4n) is 12.1. The number of rotatable bonds is 9. The van der Waals surface area contributed by atoms with Crippen molar-refractivity contribution in [3.05, 3.63) is 283 Å². The average molecular weight is 934 g/mol. The summed E-state index contributed by atoms with van der Waals surface area (Å²) in [4.78, 5) is 2.39. The Labute approximate surface area is 430 Å². The Balaban J connectivity index is 0.839. The summed E-state index contributed by atoms with van der Waals surface area (Å²) >= 11 is 0. The molecule has 73 heavy (non-hydrogen) atoms. The van der Waals surface area contributed by atoms with E-state index in [9.17, 15) is 0 Å². The van der Waals surface area contributed by atoms with Crippen LogP contribution in [-0.4, -0.2) is 0 Å². The van der Waals surface area contributed by atoms with Gasteiger partial charge in [0.25, 0.3) is 0 Å². The molecule has 0 unspecified atom stereocenters. The molecule has 0 spiro atoms. The minimum atomic E-state index is -0.118. The minimum absolute atomic E-state index is 0.0573. The molecule has 0 aromatic heterocycles. The summed E-state index contributed by atoms with van der Waals surface area (Å²) in [7, 11) is 0. The molecule has 0 aliphatic heterocycles. The zero-order valence-electron chi connectivity index (χ0n) is 41.8. The second kappa shape index (κ2) is 17.5. The number of anilines is 3. The zero-order valence-corrected chi connectivity index (χ0v) is 41.8. The van der Waals surface area contributed by atoms with Crippen molar-refractivity contribution in [2.75, 3.05) is 4.90 Å². The van der Waals surface area contributed by atoms with E-state index < -0.39 is 0 Å². The first-order valence-corrected chi connectivity index (χ1v) is 25.7. The smallest absolute Gasteiger partial charge is 0.0462 e. The van der Waals surface area contributed by atoms with Crippen molar-refractivity contribution in [1.82, 2.24) is 0 Å². The maximum Gasteiger partial charge on any atom is 0.0462 e. The predicted molar refractivity (Wildman–Crippen MR) is 309 cm³/mol. The Morgan fingerprint density at radius 3 is 1.07 bits per heavy atom. The lowest BCUT2D eigenvalue weighted by molar-refractivity contribution is 0.660. The summed E-state index contributed by atoms with van der Waals surface area (Å²) in [5, 5.41) is 0. The highest BCUT2D eigenvalue weighted by Crippen LogP contribution is 2.54. The summed E-state index contributed by atoms with van der Waals surface area (Å²) in [5.41, 5.74) is 28.7. The molecule has 13 rings (SSSR count). The Morgan fingerprint density at radius 2 is 0.548 bits per heavy atom. The van der Waals surface area contributed by atoms with Gasteiger partial charge in [-0.2, -0.15) is 0 Å². The molecule has 0 N–H and O–H groups in total. The van der Waals surface area contributed by atoms with Crippen LogP contribution in [0.15, 0.2) is 261 Å². The second-order valence-corrected chi connectivity index (χ2v) is 20.9. The van der Waals surface area contributed by atoms with Crippen molar-refractivity contribution in [1.29, 1.82) is 0 Å². The van der Waals surface area contributed by atoms with Crippen LogP contribution in [0.25, 0.3) is 89.0 Å². The van der Waals surface area contributed by atoms with Crippen LogP contribution in [0.4, 0.5) is 17.1 Å². The average Bonchev–Trinajstić information content (AvgIpc) is 3.83. The van der Waals surface area contributed by atoms with E-state index in [1.54, 1.807) is 0 Å². The van der Waals surface area contributed by atoms with Gasteiger partial charge in [-0.05, 0) is 154 Å². The van der Waals surface area contributed by atoms with Crippen molar-refractivity contribution in [3.8, 4) is 89.0 Å². The van der Waals surface area contributed by atoms with Crippen LogP contribution in [-0.2, 0) is 10.8 Å². The van der Waals surface area contributed by atoms with E-state index >= 15 is 0 Å². The molecule has 0 bridgehead atoms. The van der Waals surface area contributed by atoms with Crippen molar-refractivity contribution < 1.29 is 0 Å². The van der Waals surface area contributed by atoms with Gasteiger partial charge in [0.2, 0.25) is 0 Å². The molecule has 0 radical (unpaired) electrons. The van der Waals surface area contributed by atoms with Gasteiger partial charge in [-0.1, -0.05) is 246 Å². The molecular formula is C72H55N. The van der Waals surface area contributed by atoms with E-state index in [1.165, 1.54) is 111 Å². The van der Waals surface area contributed by atoms with Crippen molar-refractivity contribution in [3.63, 3.8) is 0 Å². The highest BCUT2D eigenvalue weighted by atomic mass is 15.1. The molecule has 0 heterocycles. The molecule has 348 valence electrons. The SMILES string of the molecule is CC1(C)c2ccccc2-c2ccc(-c3ccc(N(c4ccc(-c5ccc(-c6ccc(-c7ccccc7)cc6)cc5)cc4)c4ccc(-c5ccccc5-c5cccc6c5C(C)(C)c5ccccc5-6)cc4)cc3)cc21. The molecule has 0 saturated heterocycles. The Morgan fingerprint density at radius 1 is 0.219 bits per heavy atom. The number of nitrogens with zero attached hydrogens (tertiary/aromatic N) is 1. The summed E-state index contributed by atoms with van der Waals surface area (Å²) in [6.07, 6.45) is 0. The normalized spacial score (nSPS) is 13.4. The van der Waals surface area contributed by atoms with Gasteiger partial charge in [0.05, 0.1) is 0 Å². The molecule has 11 aromatic carbocycles. The van der Waals surface area contributed by atoms with Crippen LogP contribution in [0.2, 0.25) is 0 Å². The lowest BCUT2D eigenvalue weighted by atomic mass is 9.78. The van der Waals surface area contributed by atoms with Gasteiger partial charge in [-0.25, -0.2) is 0 Å². The maximum atomic E-state index is 2.41. The predicted octanol–water partition coefficient (Wildman–Crippen LogP) is 19.8. The minimum Gasteiger partial charge on any atom is -0.311 e. The Bertz CT molecular complexity index is 3840. The third-order valence-electron chi connectivity index (χ3n) is 15.9. The van der Waals surface area contributed by atoms with Crippen LogP contribution >= 0.6 is 0 Å². The van der Waals surface area contributed by atoms with Crippen LogP contribution in [0.3, 0.4) is 0 Å². The molecule has 11 aromatic rings. The molecule has 0 fully saturated rings. The van der Waals surface area contributed by atoms with Crippen LogP contribution in [0.1, 0.15) is 49.9 Å². The lowest BCUT2D eigenvalue weighted by Crippen LogP contribution is -2.16. The maximum absolute atomic E-state index is 2.41. The number of hydrogen-bond acceptors (Lipinski definition) is 1. The summed E-state index contributed by atoms with van der Waals surface area (Å²) < 4.78 is 0. The molecule has 0 saturated carbocycles. The monoisotopic (exact) mass is 933 g/mol. The first kappa shape index (κ1) is 44.2. The summed E-state index contributed by atoms with van der Waals surface area (Å²) in [6.45, 7) is 9.46. The molecule has 2 aliphatic rings. The third-order valence-corrected chi connectivity index (χ3v) is 15.9. The van der Waals surface area contributed by atoms with Crippen molar-refractivity contribution in [2.24, 2.45) is 0 Å². The van der Waals surface area contributed by atoms with Gasteiger partial charge in [-0.15, -0.1) is 0 Å². The van der Waals surface area contributed by atoms with E-state index in [0.717, 1.165) is 17.1 Å². The van der Waals surface area contributed by atoms with Crippen LogP contribution in [0.5, 0.6) is 0 Å². The first-order valence-electron chi connectivity index (χ1n) is 25.7. The molecule has 2 aliphatic carbocycles. The van der Waals surface area contributed by atoms with E-state index in [-0.39, 0.29) is 10.8 Å². The summed E-state index contributed by atoms with van der Waals surface area (Å²) in [5.74, 6) is 0. The molecular weight excluding hydrogens is 879 g/mol. The number of benzene rings is 11. The van der Waals surface area contributed by atoms with Gasteiger partial charge in [0.1, 0.15) is 0 Å². The van der Waals surface area contributed by atoms with E-state index in [0.29, 0.717) is 0 Å². The van der Waals surface area contributed by atoms with Crippen molar-refractivity contribution in [2.45, 2.75) is 38.5 Å². The fraction of sp³-hybridized carbons (Fsp3) is 0.0833. The quantitative estimate of drug-likeness (QED) is 0.139. The Hall–Kier alpha value is -8.78. The second-order valence-electron chi connectivity index (χ2n) is 20.9. The van der Waals surface area contributed by atoms with Gasteiger partial charge in [0.15, 0.2) is 0 Å². The molecule has 0 atom stereocenters.